The molecule has 1 aliphatic rings. The van der Waals surface area contributed by atoms with Gasteiger partial charge in [0, 0.05) is 13.7 Å². The van der Waals surface area contributed by atoms with E-state index in [0.717, 1.165) is 25.1 Å². The molecule has 2 rings (SSSR count). The van der Waals surface area contributed by atoms with Crippen molar-refractivity contribution in [1.82, 2.24) is 9.78 Å². The maximum absolute atomic E-state index is 11.7. The number of hydrogen-bond acceptors (Lipinski definition) is 5. The Morgan fingerprint density at radius 2 is 2.47 bits per heavy atom. The second kappa shape index (κ2) is 6.68. The molecule has 0 saturated carbocycles. The third-order valence-corrected chi connectivity index (χ3v) is 3.12. The molecule has 0 aliphatic carbocycles. The van der Waals surface area contributed by atoms with Crippen LogP contribution in [0.15, 0.2) is 6.20 Å². The van der Waals surface area contributed by atoms with Gasteiger partial charge < -0.3 is 14.2 Å². The number of esters is 1. The van der Waals surface area contributed by atoms with E-state index in [-0.39, 0.29) is 12.1 Å². The van der Waals surface area contributed by atoms with E-state index in [4.69, 9.17) is 14.2 Å². The maximum atomic E-state index is 11.7. The topological polar surface area (TPSA) is 62.6 Å². The first-order valence-corrected chi connectivity index (χ1v) is 6.59. The molecule has 1 atom stereocenters. The van der Waals surface area contributed by atoms with E-state index < -0.39 is 0 Å². The standard InChI is InChI=1S/C13H20N2O4/c1-3-18-13(16)11-7-14-15(2)12(11)9-17-8-10-5-4-6-19-10/h7,10H,3-6,8-9H2,1-2H3. The predicted molar refractivity (Wildman–Crippen MR) is 67.8 cm³/mol. The lowest BCUT2D eigenvalue weighted by atomic mass is 10.2. The Hall–Kier alpha value is -1.40. The Balaban J connectivity index is 1.91. The zero-order chi connectivity index (χ0) is 13.7. The van der Waals surface area contributed by atoms with Gasteiger partial charge in [-0.2, -0.15) is 5.10 Å². The van der Waals surface area contributed by atoms with E-state index in [1.165, 1.54) is 6.20 Å². The maximum Gasteiger partial charge on any atom is 0.341 e. The summed E-state index contributed by atoms with van der Waals surface area (Å²) < 4.78 is 17.7. The highest BCUT2D eigenvalue weighted by Gasteiger charge is 2.19. The Bertz CT molecular complexity index is 424. The normalized spacial score (nSPS) is 18.7. The van der Waals surface area contributed by atoms with Crippen molar-refractivity contribution in [3.63, 3.8) is 0 Å². The van der Waals surface area contributed by atoms with Crippen LogP contribution in [0.25, 0.3) is 0 Å². The van der Waals surface area contributed by atoms with Gasteiger partial charge in [0.25, 0.3) is 0 Å². The lowest BCUT2D eigenvalue weighted by Crippen LogP contribution is -2.16. The number of carbonyl (C=O) groups is 1. The van der Waals surface area contributed by atoms with E-state index in [1.54, 1.807) is 18.7 Å². The van der Waals surface area contributed by atoms with E-state index in [2.05, 4.69) is 5.10 Å². The van der Waals surface area contributed by atoms with Crippen molar-refractivity contribution in [3.05, 3.63) is 17.5 Å². The number of carbonyl (C=O) groups excluding carboxylic acids is 1. The number of aromatic nitrogens is 2. The molecule has 0 bridgehead atoms. The average molecular weight is 268 g/mol. The SMILES string of the molecule is CCOC(=O)c1cnn(C)c1COCC1CCCO1. The number of rotatable bonds is 6. The minimum absolute atomic E-state index is 0.180. The fraction of sp³-hybridized carbons (Fsp3) is 0.692. The summed E-state index contributed by atoms with van der Waals surface area (Å²) >= 11 is 0. The van der Waals surface area contributed by atoms with Gasteiger partial charge in [-0.1, -0.05) is 0 Å². The Morgan fingerprint density at radius 1 is 1.63 bits per heavy atom. The Kier molecular flexibility index (Phi) is 4.93. The van der Waals surface area contributed by atoms with Crippen molar-refractivity contribution >= 4 is 5.97 Å². The van der Waals surface area contributed by atoms with Gasteiger partial charge in [-0.05, 0) is 19.8 Å². The fourth-order valence-electron chi connectivity index (χ4n) is 2.08. The molecule has 1 aromatic heterocycles. The number of hydrogen-bond donors (Lipinski definition) is 0. The molecule has 0 amide bonds. The molecule has 1 aromatic rings. The lowest BCUT2D eigenvalue weighted by Gasteiger charge is -2.11. The van der Waals surface area contributed by atoms with Gasteiger partial charge in [0.2, 0.25) is 0 Å². The summed E-state index contributed by atoms with van der Waals surface area (Å²) in [5.41, 5.74) is 1.20. The third-order valence-electron chi connectivity index (χ3n) is 3.12. The molecule has 0 N–H and O–H groups in total. The molecule has 6 heteroatoms. The molecule has 0 spiro atoms. The predicted octanol–water partition coefficient (Wildman–Crippen LogP) is 1.29. The van der Waals surface area contributed by atoms with Gasteiger partial charge >= 0.3 is 5.97 Å². The Morgan fingerprint density at radius 3 is 3.16 bits per heavy atom. The molecule has 1 fully saturated rings. The van der Waals surface area contributed by atoms with Crippen molar-refractivity contribution in [2.75, 3.05) is 19.8 Å². The van der Waals surface area contributed by atoms with Crippen molar-refractivity contribution < 1.29 is 19.0 Å². The van der Waals surface area contributed by atoms with E-state index in [1.807, 2.05) is 0 Å². The molecule has 1 unspecified atom stereocenters. The molecule has 0 aromatic carbocycles. The third kappa shape index (κ3) is 3.54. The number of ether oxygens (including phenoxy) is 3. The molecule has 0 radical (unpaired) electrons. The van der Waals surface area contributed by atoms with Gasteiger partial charge in [-0.15, -0.1) is 0 Å². The zero-order valence-corrected chi connectivity index (χ0v) is 11.4. The summed E-state index contributed by atoms with van der Waals surface area (Å²) in [5.74, 6) is -0.355. The van der Waals surface area contributed by atoms with Crippen LogP contribution in [0.3, 0.4) is 0 Å². The second-order valence-corrected chi connectivity index (χ2v) is 4.50. The van der Waals surface area contributed by atoms with Gasteiger partial charge in [-0.25, -0.2) is 4.79 Å². The molecular weight excluding hydrogens is 248 g/mol. The molecule has 1 saturated heterocycles. The monoisotopic (exact) mass is 268 g/mol. The highest BCUT2D eigenvalue weighted by molar-refractivity contribution is 5.90. The minimum Gasteiger partial charge on any atom is -0.462 e. The zero-order valence-electron chi connectivity index (χ0n) is 11.4. The summed E-state index contributed by atoms with van der Waals surface area (Å²) in [6.07, 6.45) is 3.83. The largest absolute Gasteiger partial charge is 0.462 e. The summed E-state index contributed by atoms with van der Waals surface area (Å²) in [6, 6.07) is 0. The van der Waals surface area contributed by atoms with Crippen LogP contribution in [0.5, 0.6) is 0 Å². The van der Waals surface area contributed by atoms with Crippen LogP contribution < -0.4 is 0 Å². The van der Waals surface area contributed by atoms with Gasteiger partial charge in [-0.3, -0.25) is 4.68 Å². The summed E-state index contributed by atoms with van der Waals surface area (Å²) in [6.45, 7) is 3.83. The molecule has 106 valence electrons. The van der Waals surface area contributed by atoms with E-state index in [0.29, 0.717) is 25.4 Å². The minimum atomic E-state index is -0.355. The first-order chi connectivity index (χ1) is 9.22. The first kappa shape index (κ1) is 14.0. The first-order valence-electron chi connectivity index (χ1n) is 6.59. The summed E-state index contributed by atoms with van der Waals surface area (Å²) in [7, 11) is 1.79. The second-order valence-electron chi connectivity index (χ2n) is 4.50. The van der Waals surface area contributed by atoms with Crippen LogP contribution in [0.1, 0.15) is 35.8 Å². The van der Waals surface area contributed by atoms with Crippen LogP contribution in [0, 0.1) is 0 Å². The smallest absolute Gasteiger partial charge is 0.341 e. The number of nitrogens with zero attached hydrogens (tertiary/aromatic N) is 2. The molecule has 6 nitrogen and oxygen atoms in total. The number of aryl methyl sites for hydroxylation is 1. The van der Waals surface area contributed by atoms with Crippen LogP contribution in [-0.4, -0.2) is 41.7 Å². The molecule has 1 aliphatic heterocycles. The van der Waals surface area contributed by atoms with Crippen molar-refractivity contribution in [2.45, 2.75) is 32.5 Å². The highest BCUT2D eigenvalue weighted by Crippen LogP contribution is 2.15. The van der Waals surface area contributed by atoms with Crippen molar-refractivity contribution in [3.8, 4) is 0 Å². The van der Waals surface area contributed by atoms with Gasteiger partial charge in [0.05, 0.1) is 37.8 Å². The van der Waals surface area contributed by atoms with Gasteiger partial charge in [0.1, 0.15) is 5.56 Å². The van der Waals surface area contributed by atoms with Crippen molar-refractivity contribution in [2.24, 2.45) is 7.05 Å². The van der Waals surface area contributed by atoms with Gasteiger partial charge in [0.15, 0.2) is 0 Å². The van der Waals surface area contributed by atoms with Crippen LogP contribution in [0.2, 0.25) is 0 Å². The summed E-state index contributed by atoms with van der Waals surface area (Å²) in [5, 5.41) is 4.07. The molecule has 19 heavy (non-hydrogen) atoms. The van der Waals surface area contributed by atoms with E-state index in [9.17, 15) is 4.79 Å². The molecule has 2 heterocycles. The highest BCUT2D eigenvalue weighted by atomic mass is 16.5. The average Bonchev–Trinajstić information content (AvgIpc) is 3.01. The fourth-order valence-corrected chi connectivity index (χ4v) is 2.08. The van der Waals surface area contributed by atoms with Crippen LogP contribution in [0.4, 0.5) is 0 Å². The lowest BCUT2D eigenvalue weighted by molar-refractivity contribution is 0.00835. The quantitative estimate of drug-likeness (QED) is 0.728. The van der Waals surface area contributed by atoms with Crippen LogP contribution in [-0.2, 0) is 27.9 Å². The summed E-state index contributed by atoms with van der Waals surface area (Å²) in [4.78, 5) is 11.7. The molecular formula is C13H20N2O4. The van der Waals surface area contributed by atoms with E-state index >= 15 is 0 Å². The van der Waals surface area contributed by atoms with Crippen molar-refractivity contribution in [1.29, 1.82) is 0 Å². The van der Waals surface area contributed by atoms with Crippen LogP contribution >= 0.6 is 0 Å². The Labute approximate surface area is 112 Å².